The predicted molar refractivity (Wildman–Crippen MR) is 85.6 cm³/mol. The highest BCUT2D eigenvalue weighted by Crippen LogP contribution is 2.48. The molecule has 6 heteroatoms. The fourth-order valence-corrected chi connectivity index (χ4v) is 3.43. The molecule has 120 valence electrons. The van der Waals surface area contributed by atoms with Gasteiger partial charge in [-0.15, -0.1) is 0 Å². The lowest BCUT2D eigenvalue weighted by molar-refractivity contribution is -0.00484. The van der Waals surface area contributed by atoms with Crippen LogP contribution in [-0.4, -0.2) is 18.5 Å². The second-order valence-electron chi connectivity index (χ2n) is 5.75. The van der Waals surface area contributed by atoms with Crippen LogP contribution < -0.4 is 14.9 Å². The average molecular weight is 342 g/mol. The number of hydrogen-bond acceptors (Lipinski definition) is 6. The fourth-order valence-electron chi connectivity index (χ4n) is 3.43. The van der Waals surface area contributed by atoms with Crippen molar-refractivity contribution in [3.63, 3.8) is 0 Å². The van der Waals surface area contributed by atoms with Crippen LogP contribution in [0.25, 0.3) is 21.9 Å². The van der Waals surface area contributed by atoms with Crippen LogP contribution in [0.2, 0.25) is 0 Å². The molecule has 24 heavy (non-hydrogen) atoms. The summed E-state index contributed by atoms with van der Waals surface area (Å²) in [6, 6.07) is 6.40. The molecule has 2 aliphatic heterocycles. The summed E-state index contributed by atoms with van der Waals surface area (Å²) in [5.41, 5.74) is 1.13. The summed E-state index contributed by atoms with van der Waals surface area (Å²) in [5, 5.41) is 10.5. The zero-order valence-corrected chi connectivity index (χ0v) is 12.6. The van der Waals surface area contributed by atoms with Gasteiger partial charge in [0, 0.05) is 6.07 Å². The smallest absolute Gasteiger partial charge is 0.250 e. The number of ether oxygens (including phenoxy) is 3. The standard InChI is InChI=1S/C18H12O6/c1-21-11-7-12-13(8-5-6-22-18(8)24-12)17-15(11)16(20)14-9(19)3-2-4-10(14)23-17/h2-8,18-19H,1H3/t8-,18+/m0/s1/i1+1,2+1,3+1,4+1,5+1,6+1,7+1,8+1,9+1,10+1,11+1,12+1,13+1,14+1,15+1,16+1,17+1,18+1. The van der Waals surface area contributed by atoms with Gasteiger partial charge in [0.05, 0.1) is 24.9 Å². The van der Waals surface area contributed by atoms with Crippen LogP contribution in [0.5, 0.6) is 17.2 Å². The van der Waals surface area contributed by atoms with Crippen LogP contribution in [0.4, 0.5) is 0 Å². The average Bonchev–Trinajstić information content (AvgIpc) is 3.14. The van der Waals surface area contributed by atoms with Crippen molar-refractivity contribution in [2.24, 2.45) is 0 Å². The van der Waals surface area contributed by atoms with Gasteiger partial charge in [0.15, 0.2) is 0 Å². The Kier molecular flexibility index (Phi) is 2.46. The van der Waals surface area contributed by atoms with E-state index in [0.717, 1.165) is 5.56 Å². The molecule has 2 aromatic carbocycles. The molecule has 6 nitrogen and oxygen atoms in total. The van der Waals surface area contributed by atoms with E-state index >= 15 is 0 Å². The quantitative estimate of drug-likeness (QED) is 0.541. The molecule has 2 aliphatic rings. The first kappa shape index (κ1) is 13.3. The number of benzene rings is 2. The third-order valence-electron chi connectivity index (χ3n) is 4.50. The van der Waals surface area contributed by atoms with Gasteiger partial charge in [0.2, 0.25) is 5.43 Å². The molecule has 2 atom stereocenters. The number of methoxy groups -OCH3 is 1. The van der Waals surface area contributed by atoms with Crippen LogP contribution in [0.3, 0.4) is 0 Å². The second-order valence-corrected chi connectivity index (χ2v) is 5.75. The van der Waals surface area contributed by atoms with Crippen molar-refractivity contribution in [3.05, 3.63) is 52.4 Å². The van der Waals surface area contributed by atoms with Gasteiger partial charge in [-0.1, -0.05) is 6.07 Å². The van der Waals surface area contributed by atoms with Crippen LogP contribution in [0.15, 0.2) is 45.8 Å². The molecule has 0 bridgehead atoms. The molecule has 0 fully saturated rings. The molecule has 1 N–H and O–H groups in total. The zero-order valence-electron chi connectivity index (χ0n) is 12.6. The molecular weight excluding hydrogens is 330 g/mol. The summed E-state index contributed by atoms with van der Waals surface area (Å²) in [7, 11) is 1.47. The Morgan fingerprint density at radius 2 is 2.12 bits per heavy atom. The van der Waals surface area contributed by atoms with Crippen molar-refractivity contribution < 1.29 is 23.7 Å². The molecule has 1 aromatic heterocycles. The largest absolute Gasteiger partial charge is 0.507 e. The van der Waals surface area contributed by atoms with E-state index in [2.05, 4.69) is 0 Å². The molecule has 0 aliphatic carbocycles. The van der Waals surface area contributed by atoms with Gasteiger partial charge in [-0.2, -0.15) is 0 Å². The number of rotatable bonds is 1. The predicted octanol–water partition coefficient (Wildman–Crippen LogP) is 3.01. The number of aromatic hydroxyl groups is 1. The van der Waals surface area contributed by atoms with Crippen LogP contribution in [-0.2, 0) is 4.74 Å². The summed E-state index contributed by atoms with van der Waals surface area (Å²) in [5.74, 6) is 0.642. The third kappa shape index (κ3) is 1.52. The van der Waals surface area contributed by atoms with E-state index < -0.39 is 6.29 Å². The first-order valence-corrected chi connectivity index (χ1v) is 7.47. The molecule has 3 aromatic rings. The van der Waals surface area contributed by atoms with Gasteiger partial charge in [0.1, 0.15) is 39.2 Å². The Balaban J connectivity index is 2.00. The summed E-state index contributed by atoms with van der Waals surface area (Å²) < 4.78 is 22.6. The van der Waals surface area contributed by atoms with E-state index in [0.29, 0.717) is 22.7 Å². The minimum atomic E-state index is -0.458. The Bertz CT molecular complexity index is 1090. The highest BCUT2D eigenvalue weighted by molar-refractivity contribution is 5.98. The lowest BCUT2D eigenvalue weighted by Gasteiger charge is -2.11. The fraction of sp³-hybridized carbons (Fsp3) is 0.167. The molecule has 0 spiro atoms. The maximum atomic E-state index is 13.0. The van der Waals surface area contributed by atoms with Crippen molar-refractivity contribution in [1.29, 1.82) is 0 Å². The molecule has 0 amide bonds. The number of hydrogen-bond donors (Lipinski definition) is 1. The monoisotopic (exact) mass is 342 g/mol. The second kappa shape index (κ2) is 4.44. The number of fused-ring (bicyclic) bond motifs is 6. The van der Waals surface area contributed by atoms with Crippen molar-refractivity contribution in [3.8, 4) is 17.2 Å². The Labute approximate surface area is 135 Å². The maximum absolute atomic E-state index is 13.0. The van der Waals surface area contributed by atoms with E-state index in [1.54, 1.807) is 24.5 Å². The molecule has 0 saturated carbocycles. The summed E-state index contributed by atoms with van der Waals surface area (Å²) in [6.45, 7) is 0. The first-order chi connectivity index (χ1) is 11.7. The van der Waals surface area contributed by atoms with Crippen molar-refractivity contribution >= 4 is 21.9 Å². The normalized spacial score (nSPS) is 20.7. The van der Waals surface area contributed by atoms with E-state index in [-0.39, 0.29) is 27.9 Å². The number of phenols is 1. The van der Waals surface area contributed by atoms with Gasteiger partial charge in [-0.05, 0) is 18.2 Å². The summed E-state index contributed by atoms with van der Waals surface area (Å²) in [6.07, 6.45) is 2.99. The van der Waals surface area contributed by atoms with Crippen molar-refractivity contribution in [1.82, 2.24) is 0 Å². The minimum absolute atomic E-state index is 0.121. The molecule has 0 unspecified atom stereocenters. The van der Waals surface area contributed by atoms with E-state index in [1.165, 1.54) is 13.2 Å². The van der Waals surface area contributed by atoms with Gasteiger partial charge >= 0.3 is 0 Å². The molecule has 5 rings (SSSR count). The molecule has 0 radical (unpaired) electrons. The Morgan fingerprint density at radius 3 is 2.96 bits per heavy atom. The van der Waals surface area contributed by atoms with Gasteiger partial charge in [-0.3, -0.25) is 4.79 Å². The highest BCUT2D eigenvalue weighted by atomic mass is 16.9. The zero-order chi connectivity index (χ0) is 16.4. The van der Waals surface area contributed by atoms with Gasteiger partial charge in [0.25, 0.3) is 6.29 Å². The summed E-state index contributed by atoms with van der Waals surface area (Å²) >= 11 is 0. The molecule has 0 saturated heterocycles. The van der Waals surface area contributed by atoms with E-state index in [4.69, 9.17) is 18.6 Å². The van der Waals surface area contributed by atoms with Gasteiger partial charge in [-0.25, -0.2) is 0 Å². The maximum Gasteiger partial charge on any atom is 0.250 e. The highest BCUT2D eigenvalue weighted by Gasteiger charge is 2.40. The lowest BCUT2D eigenvalue weighted by atomic mass is 11.0. The Hall–Kier alpha value is -3.15. The van der Waals surface area contributed by atoms with Crippen molar-refractivity contribution in [2.75, 3.05) is 7.11 Å². The topological polar surface area (TPSA) is 78.1 Å². The first-order valence-electron chi connectivity index (χ1n) is 7.47. The van der Waals surface area contributed by atoms with Crippen LogP contribution in [0.1, 0.15) is 11.5 Å². The summed E-state index contributed by atoms with van der Waals surface area (Å²) in [4.78, 5) is 13.0. The minimum Gasteiger partial charge on any atom is -0.507 e. The molecular formula is C18H12O6. The Morgan fingerprint density at radius 1 is 1.25 bits per heavy atom. The number of phenolic OH excluding ortho intramolecular Hbond substituents is 1. The van der Waals surface area contributed by atoms with Gasteiger partial charge < -0.3 is 23.7 Å². The molecule has 3 heterocycles. The van der Waals surface area contributed by atoms with E-state index in [9.17, 15) is 9.90 Å². The van der Waals surface area contributed by atoms with Crippen molar-refractivity contribution in [2.45, 2.75) is 12.2 Å². The lowest BCUT2D eigenvalue weighted by Crippen LogP contribution is -2.14. The van der Waals surface area contributed by atoms with Crippen LogP contribution in [0, 0.1) is 0 Å². The van der Waals surface area contributed by atoms with Crippen LogP contribution >= 0.6 is 0 Å². The SMILES string of the molecule is [13CH3]O[13c]1[13cH][13c]2[13c]([13c]3o[13c]4[13cH][13cH][13cH][13c](O)[13c]4[13c](=O)[13c]13)[13C@@H]1[13CH]=[13CH]O[13C@@H]1O2. The van der Waals surface area contributed by atoms with E-state index in [1.807, 2.05) is 6.08 Å². The third-order valence-corrected chi connectivity index (χ3v) is 4.50.